The normalized spacial score (nSPS) is 22.4. The number of aliphatic hydroxyl groups excluding tert-OH is 1. The second-order valence-electron chi connectivity index (χ2n) is 7.67. The van der Waals surface area contributed by atoms with Crippen LogP contribution in [0, 0.1) is 5.41 Å². The first-order valence-corrected chi connectivity index (χ1v) is 8.99. The predicted molar refractivity (Wildman–Crippen MR) is 91.7 cm³/mol. The van der Waals surface area contributed by atoms with Gasteiger partial charge in [-0.05, 0) is 57.7 Å². The molecule has 1 fully saturated rings. The quantitative estimate of drug-likeness (QED) is 0.684. The molecule has 3 heteroatoms. The van der Waals surface area contributed by atoms with E-state index in [-0.39, 0.29) is 12.1 Å². The summed E-state index contributed by atoms with van der Waals surface area (Å²) in [5, 5.41) is 13.1. The van der Waals surface area contributed by atoms with Crippen LogP contribution in [0.25, 0.3) is 0 Å². The van der Waals surface area contributed by atoms with Crippen LogP contribution in [0.2, 0.25) is 0 Å². The maximum atomic E-state index is 9.63. The Balaban J connectivity index is 2.31. The fourth-order valence-electron chi connectivity index (χ4n) is 3.79. The molecular formula is C18H38N2O. The van der Waals surface area contributed by atoms with E-state index < -0.39 is 0 Å². The molecule has 1 rings (SSSR count). The zero-order chi connectivity index (χ0) is 15.9. The van der Waals surface area contributed by atoms with Crippen LogP contribution < -0.4 is 5.32 Å². The number of piperidine rings is 1. The van der Waals surface area contributed by atoms with E-state index in [1.165, 1.54) is 51.7 Å². The van der Waals surface area contributed by atoms with E-state index in [0.29, 0.717) is 11.5 Å². The molecule has 1 unspecified atom stereocenters. The van der Waals surface area contributed by atoms with E-state index in [1.807, 2.05) is 0 Å². The molecule has 3 nitrogen and oxygen atoms in total. The van der Waals surface area contributed by atoms with Crippen LogP contribution in [0.15, 0.2) is 0 Å². The molecule has 1 aliphatic rings. The monoisotopic (exact) mass is 298 g/mol. The van der Waals surface area contributed by atoms with Gasteiger partial charge in [-0.3, -0.25) is 0 Å². The van der Waals surface area contributed by atoms with Gasteiger partial charge in [0.15, 0.2) is 0 Å². The van der Waals surface area contributed by atoms with Crippen molar-refractivity contribution in [3.05, 3.63) is 0 Å². The summed E-state index contributed by atoms with van der Waals surface area (Å²) in [5.74, 6) is 0. The molecule has 0 saturated carbocycles. The van der Waals surface area contributed by atoms with Crippen LogP contribution in [0.4, 0.5) is 0 Å². The first-order chi connectivity index (χ1) is 9.88. The maximum absolute atomic E-state index is 9.63. The van der Waals surface area contributed by atoms with Gasteiger partial charge in [-0.1, -0.05) is 40.5 Å². The number of likely N-dealkylation sites (tertiary alicyclic amines) is 1. The van der Waals surface area contributed by atoms with Crippen LogP contribution in [-0.2, 0) is 0 Å². The standard InChI is InChI=1S/C18H38N2O/c1-6-18(7-2)10-13-20(14-11-18)12-8-9-17(5,15-21)19-16(3)4/h16,19,21H,6-15H2,1-5H3. The molecule has 0 aromatic heterocycles. The molecule has 1 aliphatic heterocycles. The second kappa shape index (κ2) is 8.50. The average Bonchev–Trinajstić information content (AvgIpc) is 2.47. The lowest BCUT2D eigenvalue weighted by molar-refractivity contribution is 0.0890. The first kappa shape index (κ1) is 18.9. The molecule has 1 saturated heterocycles. The molecule has 1 heterocycles. The fraction of sp³-hybridized carbons (Fsp3) is 1.00. The van der Waals surface area contributed by atoms with Gasteiger partial charge < -0.3 is 15.3 Å². The fourth-order valence-corrected chi connectivity index (χ4v) is 3.79. The smallest absolute Gasteiger partial charge is 0.0610 e. The van der Waals surface area contributed by atoms with Gasteiger partial charge in [-0.25, -0.2) is 0 Å². The van der Waals surface area contributed by atoms with Gasteiger partial charge in [0, 0.05) is 11.6 Å². The summed E-state index contributed by atoms with van der Waals surface area (Å²) >= 11 is 0. The number of aliphatic hydroxyl groups is 1. The summed E-state index contributed by atoms with van der Waals surface area (Å²) in [4.78, 5) is 2.62. The minimum absolute atomic E-state index is 0.124. The van der Waals surface area contributed by atoms with Crippen molar-refractivity contribution in [1.82, 2.24) is 10.2 Å². The third kappa shape index (κ3) is 5.88. The van der Waals surface area contributed by atoms with Gasteiger partial charge in [0.2, 0.25) is 0 Å². The molecule has 0 aliphatic carbocycles. The summed E-state index contributed by atoms with van der Waals surface area (Å²) in [6.07, 6.45) is 7.60. The Bertz CT molecular complexity index is 279. The molecule has 0 spiro atoms. The minimum Gasteiger partial charge on any atom is -0.394 e. The Kier molecular flexibility index (Phi) is 7.66. The summed E-state index contributed by atoms with van der Waals surface area (Å²) < 4.78 is 0. The highest BCUT2D eigenvalue weighted by Gasteiger charge is 2.31. The summed E-state index contributed by atoms with van der Waals surface area (Å²) in [6, 6.07) is 0.423. The zero-order valence-electron chi connectivity index (χ0n) is 15.0. The van der Waals surface area contributed by atoms with Gasteiger partial charge in [0.05, 0.1) is 6.61 Å². The minimum atomic E-state index is -0.124. The highest BCUT2D eigenvalue weighted by Crippen LogP contribution is 2.37. The predicted octanol–water partition coefficient (Wildman–Crippen LogP) is 3.42. The van der Waals surface area contributed by atoms with Gasteiger partial charge in [0.1, 0.15) is 0 Å². The Morgan fingerprint density at radius 3 is 2.19 bits per heavy atom. The highest BCUT2D eigenvalue weighted by atomic mass is 16.3. The number of nitrogens with one attached hydrogen (secondary N) is 1. The van der Waals surface area contributed by atoms with Crippen molar-refractivity contribution < 1.29 is 5.11 Å². The van der Waals surface area contributed by atoms with E-state index >= 15 is 0 Å². The number of nitrogens with zero attached hydrogens (tertiary/aromatic N) is 1. The number of hydrogen-bond donors (Lipinski definition) is 2. The summed E-state index contributed by atoms with van der Waals surface area (Å²) in [6.45, 7) is 15.1. The van der Waals surface area contributed by atoms with Crippen molar-refractivity contribution >= 4 is 0 Å². The SMILES string of the molecule is CCC1(CC)CCN(CCCC(C)(CO)NC(C)C)CC1. The lowest BCUT2D eigenvalue weighted by Gasteiger charge is -2.41. The van der Waals surface area contributed by atoms with E-state index in [0.717, 1.165) is 6.42 Å². The van der Waals surface area contributed by atoms with Crippen molar-refractivity contribution in [2.45, 2.75) is 84.7 Å². The molecule has 0 aromatic carbocycles. The van der Waals surface area contributed by atoms with Gasteiger partial charge in [0.25, 0.3) is 0 Å². The topological polar surface area (TPSA) is 35.5 Å². The van der Waals surface area contributed by atoms with Gasteiger partial charge in [-0.15, -0.1) is 0 Å². The average molecular weight is 299 g/mol. The van der Waals surface area contributed by atoms with Crippen LogP contribution in [0.1, 0.15) is 73.1 Å². The third-order valence-electron chi connectivity index (χ3n) is 5.61. The molecule has 0 aromatic rings. The number of rotatable bonds is 9. The molecule has 1 atom stereocenters. The van der Waals surface area contributed by atoms with Crippen molar-refractivity contribution in [1.29, 1.82) is 0 Å². The molecule has 0 bridgehead atoms. The third-order valence-corrected chi connectivity index (χ3v) is 5.61. The lowest BCUT2D eigenvalue weighted by atomic mass is 9.74. The van der Waals surface area contributed by atoms with Crippen LogP contribution >= 0.6 is 0 Å². The Hall–Kier alpha value is -0.120. The van der Waals surface area contributed by atoms with Crippen LogP contribution in [0.5, 0.6) is 0 Å². The van der Waals surface area contributed by atoms with Crippen molar-refractivity contribution in [3.8, 4) is 0 Å². The van der Waals surface area contributed by atoms with Crippen LogP contribution in [0.3, 0.4) is 0 Å². The first-order valence-electron chi connectivity index (χ1n) is 8.99. The molecule has 126 valence electrons. The molecular weight excluding hydrogens is 260 g/mol. The molecule has 21 heavy (non-hydrogen) atoms. The van der Waals surface area contributed by atoms with Gasteiger partial charge >= 0.3 is 0 Å². The van der Waals surface area contributed by atoms with E-state index in [1.54, 1.807) is 0 Å². The molecule has 0 radical (unpaired) electrons. The van der Waals surface area contributed by atoms with Crippen molar-refractivity contribution in [2.75, 3.05) is 26.2 Å². The van der Waals surface area contributed by atoms with Crippen molar-refractivity contribution in [2.24, 2.45) is 5.41 Å². The summed E-state index contributed by atoms with van der Waals surface area (Å²) in [5.41, 5.74) is 0.496. The highest BCUT2D eigenvalue weighted by molar-refractivity contribution is 4.86. The van der Waals surface area contributed by atoms with E-state index in [2.05, 4.69) is 44.8 Å². The second-order valence-corrected chi connectivity index (χ2v) is 7.67. The molecule has 0 amide bonds. The van der Waals surface area contributed by atoms with E-state index in [4.69, 9.17) is 0 Å². The summed E-state index contributed by atoms with van der Waals surface area (Å²) in [7, 11) is 0. The van der Waals surface area contributed by atoms with Crippen molar-refractivity contribution in [3.63, 3.8) is 0 Å². The largest absolute Gasteiger partial charge is 0.394 e. The Morgan fingerprint density at radius 1 is 1.19 bits per heavy atom. The Morgan fingerprint density at radius 2 is 1.76 bits per heavy atom. The van der Waals surface area contributed by atoms with E-state index in [9.17, 15) is 5.11 Å². The zero-order valence-corrected chi connectivity index (χ0v) is 15.0. The maximum Gasteiger partial charge on any atom is 0.0610 e. The van der Waals surface area contributed by atoms with Gasteiger partial charge in [-0.2, -0.15) is 0 Å². The Labute approximate surface area is 132 Å². The number of hydrogen-bond acceptors (Lipinski definition) is 3. The van der Waals surface area contributed by atoms with Crippen LogP contribution in [-0.4, -0.2) is 47.8 Å². The lowest BCUT2D eigenvalue weighted by Crippen LogP contribution is -2.49. The molecule has 2 N–H and O–H groups in total.